The van der Waals surface area contributed by atoms with E-state index in [0.717, 1.165) is 0 Å². The van der Waals surface area contributed by atoms with E-state index in [2.05, 4.69) is 0 Å². The molecule has 2 aromatic rings. The van der Waals surface area contributed by atoms with Crippen LogP contribution in [0.1, 0.15) is 32.2 Å². The van der Waals surface area contributed by atoms with Crippen molar-refractivity contribution in [2.24, 2.45) is 0 Å². The predicted molar refractivity (Wildman–Crippen MR) is 82.3 cm³/mol. The molecule has 2 rings (SSSR count). The van der Waals surface area contributed by atoms with E-state index in [4.69, 9.17) is 18.6 Å². The second kappa shape index (κ2) is 7.00. The van der Waals surface area contributed by atoms with Crippen molar-refractivity contribution in [3.63, 3.8) is 0 Å². The maximum Gasteiger partial charge on any atom is 0.342 e. The van der Waals surface area contributed by atoms with Crippen LogP contribution in [-0.4, -0.2) is 32.6 Å². The molecule has 1 aromatic heterocycles. The zero-order chi connectivity index (χ0) is 17.0. The molecule has 0 unspecified atom stereocenters. The van der Waals surface area contributed by atoms with Gasteiger partial charge in [-0.25, -0.2) is 4.79 Å². The van der Waals surface area contributed by atoms with Gasteiger partial charge in [-0.2, -0.15) is 0 Å². The van der Waals surface area contributed by atoms with Gasteiger partial charge in [0.15, 0.2) is 6.61 Å². The Kier molecular flexibility index (Phi) is 5.05. The van der Waals surface area contributed by atoms with Crippen molar-refractivity contribution in [1.82, 2.24) is 0 Å². The first-order chi connectivity index (χ1) is 11.0. The molecule has 0 aliphatic carbocycles. The molecule has 122 valence electrons. The van der Waals surface area contributed by atoms with Crippen molar-refractivity contribution in [2.75, 3.05) is 20.8 Å². The number of Topliss-reactive ketones (excluding diaryl/α,β-unsaturated/α-hetero) is 1. The lowest BCUT2D eigenvalue weighted by Crippen LogP contribution is -2.15. The molecule has 0 radical (unpaired) electrons. The summed E-state index contributed by atoms with van der Waals surface area (Å²) in [5.41, 5.74) is 0.637. The minimum absolute atomic E-state index is 0.317. The van der Waals surface area contributed by atoms with E-state index in [-0.39, 0.29) is 12.4 Å². The third kappa shape index (κ3) is 3.71. The molecule has 0 saturated carbocycles. The van der Waals surface area contributed by atoms with E-state index in [1.54, 1.807) is 38.1 Å². The molecule has 0 fully saturated rings. The van der Waals surface area contributed by atoms with Crippen LogP contribution < -0.4 is 9.47 Å². The number of benzene rings is 1. The highest BCUT2D eigenvalue weighted by atomic mass is 16.5. The number of carbonyl (C=O) groups excluding carboxylic acids is 2. The molecule has 6 nitrogen and oxygen atoms in total. The Balaban J connectivity index is 2.08. The molecule has 1 aromatic carbocycles. The lowest BCUT2D eigenvalue weighted by atomic mass is 10.1. The maximum atomic E-state index is 12.2. The summed E-state index contributed by atoms with van der Waals surface area (Å²) in [7, 11) is 2.97. The SMILES string of the molecule is COc1ccc(C(=O)COC(=O)c2cc(C)oc2C)c(OC)c1. The average Bonchev–Trinajstić information content (AvgIpc) is 2.90. The number of ether oxygens (including phenoxy) is 3. The fourth-order valence-corrected chi connectivity index (χ4v) is 2.15. The molecule has 6 heteroatoms. The standard InChI is InChI=1S/C17H18O6/c1-10-7-14(11(2)23-10)17(19)22-9-15(18)13-6-5-12(20-3)8-16(13)21-4/h5-8H,9H2,1-4H3. The van der Waals surface area contributed by atoms with Gasteiger partial charge in [0.2, 0.25) is 5.78 Å². The van der Waals surface area contributed by atoms with E-state index < -0.39 is 5.97 Å². The van der Waals surface area contributed by atoms with Crippen LogP contribution in [0.3, 0.4) is 0 Å². The number of aryl methyl sites for hydroxylation is 2. The van der Waals surface area contributed by atoms with Crippen LogP contribution >= 0.6 is 0 Å². The fourth-order valence-electron chi connectivity index (χ4n) is 2.15. The summed E-state index contributed by atoms with van der Waals surface area (Å²) < 4.78 is 20.6. The number of ketones is 1. The van der Waals surface area contributed by atoms with Crippen LogP contribution in [0.4, 0.5) is 0 Å². The highest BCUT2D eigenvalue weighted by molar-refractivity contribution is 6.01. The molecule has 0 amide bonds. The van der Waals surface area contributed by atoms with Crippen molar-refractivity contribution < 1.29 is 28.2 Å². The minimum Gasteiger partial charge on any atom is -0.497 e. The van der Waals surface area contributed by atoms with Crippen LogP contribution in [0.15, 0.2) is 28.7 Å². The van der Waals surface area contributed by atoms with E-state index in [1.165, 1.54) is 14.2 Å². The first-order valence-corrected chi connectivity index (χ1v) is 6.95. The Morgan fingerprint density at radius 1 is 1.04 bits per heavy atom. The number of rotatable bonds is 6. The third-order valence-electron chi connectivity index (χ3n) is 3.30. The van der Waals surface area contributed by atoms with Gasteiger partial charge in [0, 0.05) is 6.07 Å². The molecular weight excluding hydrogens is 300 g/mol. The summed E-state index contributed by atoms with van der Waals surface area (Å²) in [6.07, 6.45) is 0. The largest absolute Gasteiger partial charge is 0.497 e. The third-order valence-corrected chi connectivity index (χ3v) is 3.30. The summed E-state index contributed by atoms with van der Waals surface area (Å²) in [6.45, 7) is 3.01. The van der Waals surface area contributed by atoms with Gasteiger partial charge in [-0.05, 0) is 32.0 Å². The fraction of sp³-hybridized carbons (Fsp3) is 0.294. The monoisotopic (exact) mass is 318 g/mol. The topological polar surface area (TPSA) is 75.0 Å². The van der Waals surface area contributed by atoms with Crippen molar-refractivity contribution >= 4 is 11.8 Å². The smallest absolute Gasteiger partial charge is 0.342 e. The first kappa shape index (κ1) is 16.6. The zero-order valence-electron chi connectivity index (χ0n) is 13.5. The van der Waals surface area contributed by atoms with Gasteiger partial charge in [0.25, 0.3) is 0 Å². The molecule has 0 spiro atoms. The van der Waals surface area contributed by atoms with Crippen LogP contribution in [0.25, 0.3) is 0 Å². The summed E-state index contributed by atoms with van der Waals surface area (Å²) in [6, 6.07) is 6.39. The van der Waals surface area contributed by atoms with Crippen molar-refractivity contribution in [1.29, 1.82) is 0 Å². The number of hydrogen-bond acceptors (Lipinski definition) is 6. The van der Waals surface area contributed by atoms with Gasteiger partial charge in [-0.1, -0.05) is 0 Å². The highest BCUT2D eigenvalue weighted by Gasteiger charge is 2.19. The summed E-state index contributed by atoms with van der Waals surface area (Å²) in [5, 5.41) is 0. The van der Waals surface area contributed by atoms with Crippen molar-refractivity contribution in [2.45, 2.75) is 13.8 Å². The first-order valence-electron chi connectivity index (χ1n) is 6.95. The molecule has 0 saturated heterocycles. The second-order valence-electron chi connectivity index (χ2n) is 4.89. The molecule has 0 atom stereocenters. The van der Waals surface area contributed by atoms with Crippen LogP contribution in [0.2, 0.25) is 0 Å². The maximum absolute atomic E-state index is 12.2. The van der Waals surface area contributed by atoms with Crippen LogP contribution in [0, 0.1) is 13.8 Å². The van der Waals surface area contributed by atoms with Crippen LogP contribution in [0.5, 0.6) is 11.5 Å². The lowest BCUT2D eigenvalue weighted by molar-refractivity contribution is 0.0472. The second-order valence-corrected chi connectivity index (χ2v) is 4.89. The quantitative estimate of drug-likeness (QED) is 0.602. The van der Waals surface area contributed by atoms with Crippen molar-refractivity contribution in [3.8, 4) is 11.5 Å². The van der Waals surface area contributed by atoms with E-state index >= 15 is 0 Å². The lowest BCUT2D eigenvalue weighted by Gasteiger charge is -2.09. The van der Waals surface area contributed by atoms with E-state index in [9.17, 15) is 9.59 Å². The minimum atomic E-state index is -0.597. The van der Waals surface area contributed by atoms with E-state index in [0.29, 0.717) is 34.1 Å². The van der Waals surface area contributed by atoms with Gasteiger partial charge in [0.1, 0.15) is 28.6 Å². The molecule has 0 aliphatic rings. The molecule has 0 N–H and O–H groups in total. The molecular formula is C17H18O6. The molecule has 0 bridgehead atoms. The van der Waals surface area contributed by atoms with Gasteiger partial charge in [-0.3, -0.25) is 4.79 Å². The van der Waals surface area contributed by atoms with Gasteiger partial charge < -0.3 is 18.6 Å². The summed E-state index contributed by atoms with van der Waals surface area (Å²) >= 11 is 0. The number of furan rings is 1. The van der Waals surface area contributed by atoms with Gasteiger partial charge >= 0.3 is 5.97 Å². The Labute approximate surface area is 134 Å². The Morgan fingerprint density at radius 2 is 1.78 bits per heavy atom. The highest BCUT2D eigenvalue weighted by Crippen LogP contribution is 2.25. The molecule has 23 heavy (non-hydrogen) atoms. The number of hydrogen-bond donors (Lipinski definition) is 0. The molecule has 0 aliphatic heterocycles. The zero-order valence-corrected chi connectivity index (χ0v) is 13.5. The Hall–Kier alpha value is -2.76. The summed E-state index contributed by atoms with van der Waals surface area (Å²) in [4.78, 5) is 24.2. The number of esters is 1. The number of carbonyl (C=O) groups is 2. The Morgan fingerprint density at radius 3 is 2.35 bits per heavy atom. The van der Waals surface area contributed by atoms with Crippen molar-refractivity contribution in [3.05, 3.63) is 46.9 Å². The van der Waals surface area contributed by atoms with Gasteiger partial charge in [0.05, 0.1) is 19.8 Å². The summed E-state index contributed by atoms with van der Waals surface area (Å²) in [5.74, 6) is 1.04. The normalized spacial score (nSPS) is 10.3. The van der Waals surface area contributed by atoms with E-state index in [1.807, 2.05) is 0 Å². The van der Waals surface area contributed by atoms with Gasteiger partial charge in [-0.15, -0.1) is 0 Å². The molecule has 1 heterocycles. The van der Waals surface area contributed by atoms with Crippen LogP contribution in [-0.2, 0) is 4.74 Å². The Bertz CT molecular complexity index is 729. The predicted octanol–water partition coefficient (Wildman–Crippen LogP) is 2.95. The number of methoxy groups -OCH3 is 2. The average molecular weight is 318 g/mol.